The highest BCUT2D eigenvalue weighted by atomic mass is 32.2. The summed E-state index contributed by atoms with van der Waals surface area (Å²) in [7, 11) is 0. The van der Waals surface area contributed by atoms with Gasteiger partial charge >= 0.3 is 0 Å². The maximum absolute atomic E-state index is 3.61. The molecule has 0 aliphatic heterocycles. The van der Waals surface area contributed by atoms with Crippen LogP contribution in [0.3, 0.4) is 0 Å². The van der Waals surface area contributed by atoms with E-state index in [2.05, 4.69) is 37.5 Å². The molecule has 0 radical (unpaired) electrons. The highest BCUT2D eigenvalue weighted by Gasteiger charge is 1.72. The standard InChI is InChI=1S/CH2S3/c2-1(3)4/h(H2,2,3,4)/p+1. The van der Waals surface area contributed by atoms with E-state index in [0.717, 1.165) is 0 Å². The van der Waals surface area contributed by atoms with Crippen molar-refractivity contribution in [1.29, 1.82) is 0 Å². The van der Waals surface area contributed by atoms with E-state index in [4.69, 9.17) is 0 Å². The van der Waals surface area contributed by atoms with Crippen molar-refractivity contribution in [2.45, 2.75) is 0 Å². The minimum atomic E-state index is 0.500. The molecule has 0 saturated carbocycles. The van der Waals surface area contributed by atoms with E-state index in [1.165, 1.54) is 0 Å². The molecule has 0 amide bonds. The fraction of sp³-hybridized carbons (Fsp3) is 0. The van der Waals surface area contributed by atoms with E-state index < -0.39 is 0 Å². The smallest absolute Gasteiger partial charge is 0.0754 e. The second-order valence-electron chi connectivity index (χ2n) is 0.300. The molecule has 0 rings (SSSR count). The van der Waals surface area contributed by atoms with Crippen molar-refractivity contribution < 1.29 is 0 Å². The first-order chi connectivity index (χ1) is 1.73. The molecule has 0 aromatic heterocycles. The van der Waals surface area contributed by atoms with E-state index >= 15 is 0 Å². The molecule has 0 aromatic carbocycles. The van der Waals surface area contributed by atoms with Crippen LogP contribution in [0.25, 0.3) is 0 Å². The summed E-state index contributed by atoms with van der Waals surface area (Å²) in [5.41, 5.74) is 0. The molecular formula is CH3S3+. The van der Waals surface area contributed by atoms with Crippen molar-refractivity contribution in [1.82, 2.24) is 0 Å². The Morgan fingerprint density at radius 1 is 1.50 bits per heavy atom. The minimum Gasteiger partial charge on any atom is -0.0754 e. The Hall–Kier alpha value is 0.790. The fourth-order valence-electron chi connectivity index (χ4n) is 0. The Morgan fingerprint density at radius 2 is 1.50 bits per heavy atom. The minimum absolute atomic E-state index is 0.500. The molecule has 3 heteroatoms. The van der Waals surface area contributed by atoms with Crippen LogP contribution < -0.4 is 0 Å². The quantitative estimate of drug-likeness (QED) is 0.249. The van der Waals surface area contributed by atoms with Gasteiger partial charge in [-0.1, -0.05) is 25.3 Å². The summed E-state index contributed by atoms with van der Waals surface area (Å²) < 4.78 is 0.500. The number of thiol groups is 3. The molecule has 24 valence electrons. The van der Waals surface area contributed by atoms with Crippen LogP contribution in [-0.4, -0.2) is 3.53 Å². The molecular weight excluding hydrogens is 108 g/mol. The molecule has 0 spiro atoms. The van der Waals surface area contributed by atoms with E-state index in [0.29, 0.717) is 3.53 Å². The molecule has 0 unspecified atom stereocenters. The Balaban J connectivity index is 2.80. The molecule has 0 aromatic rings. The predicted molar refractivity (Wildman–Crippen MR) is 31.7 cm³/mol. The van der Waals surface area contributed by atoms with Crippen LogP contribution >= 0.6 is 25.3 Å². The Bertz CT molecular complexity index is 26.3. The summed E-state index contributed by atoms with van der Waals surface area (Å²) in [4.78, 5) is 0. The third kappa shape index (κ3) is 14.3. The van der Waals surface area contributed by atoms with Gasteiger partial charge in [-0.25, -0.2) is 0 Å². The highest BCUT2D eigenvalue weighted by molar-refractivity contribution is 8.31. The van der Waals surface area contributed by atoms with Gasteiger partial charge in [0.05, 0.1) is 0 Å². The predicted octanol–water partition coefficient (Wildman–Crippen LogP) is 0.213. The highest BCUT2D eigenvalue weighted by Crippen LogP contribution is 1.78. The van der Waals surface area contributed by atoms with Gasteiger partial charge in [0.1, 0.15) is 0 Å². The Morgan fingerprint density at radius 3 is 1.50 bits per heavy atom. The van der Waals surface area contributed by atoms with Gasteiger partial charge in [0.2, 0.25) is 0 Å². The summed E-state index contributed by atoms with van der Waals surface area (Å²) in [6, 6.07) is 0. The molecule has 0 atom stereocenters. The second kappa shape index (κ2) is 2.05. The van der Waals surface area contributed by atoms with Gasteiger partial charge in [-0.05, 0) is 0 Å². The fourth-order valence-corrected chi connectivity index (χ4v) is 0. The van der Waals surface area contributed by atoms with E-state index in [-0.39, 0.29) is 0 Å². The lowest BCUT2D eigenvalue weighted by atomic mass is 11.9. The van der Waals surface area contributed by atoms with Crippen molar-refractivity contribution in [3.8, 4) is 0 Å². The third-order valence-electron chi connectivity index (χ3n) is 0. The summed E-state index contributed by atoms with van der Waals surface area (Å²) in [6.45, 7) is 0. The monoisotopic (exact) mass is 111 g/mol. The van der Waals surface area contributed by atoms with Crippen LogP contribution in [0, 0.1) is 0 Å². The van der Waals surface area contributed by atoms with Crippen LogP contribution in [0.5, 0.6) is 0 Å². The van der Waals surface area contributed by atoms with Crippen molar-refractivity contribution in [2.24, 2.45) is 0 Å². The van der Waals surface area contributed by atoms with Crippen LogP contribution in [0.1, 0.15) is 0 Å². The first kappa shape index (κ1) is 4.79. The largest absolute Gasteiger partial charge is 0.283 e. The average molecular weight is 111 g/mol. The number of rotatable bonds is 0. The zero-order valence-corrected chi connectivity index (χ0v) is 4.52. The van der Waals surface area contributed by atoms with E-state index in [1.54, 1.807) is 0 Å². The van der Waals surface area contributed by atoms with Gasteiger partial charge in [0.15, 0.2) is 12.2 Å². The van der Waals surface area contributed by atoms with Gasteiger partial charge in [-0.2, -0.15) is 0 Å². The molecule has 0 fully saturated rings. The van der Waals surface area contributed by atoms with E-state index in [1.807, 2.05) is 0 Å². The van der Waals surface area contributed by atoms with Gasteiger partial charge in [-0.3, -0.25) is 0 Å². The molecule has 0 aliphatic carbocycles. The topological polar surface area (TPSA) is 0 Å². The first-order valence-electron chi connectivity index (χ1n) is 0.671. The average Bonchev–Trinajstić information content (AvgIpc) is 0.811. The summed E-state index contributed by atoms with van der Waals surface area (Å²) >= 11 is 10.8. The maximum Gasteiger partial charge on any atom is 0.283 e. The van der Waals surface area contributed by atoms with Gasteiger partial charge < -0.3 is 0 Å². The van der Waals surface area contributed by atoms with E-state index in [9.17, 15) is 0 Å². The summed E-state index contributed by atoms with van der Waals surface area (Å²) in [5, 5.41) is 0. The Labute approximate surface area is 41.4 Å². The number of hydrogen-bond acceptors (Lipinski definition) is 0. The van der Waals surface area contributed by atoms with Gasteiger partial charge in [0.25, 0.3) is 3.53 Å². The van der Waals surface area contributed by atoms with Crippen LogP contribution in [-0.2, 0) is 12.2 Å². The molecule has 0 nitrogen and oxygen atoms in total. The molecule has 4 heavy (non-hydrogen) atoms. The molecule has 0 N–H and O–H groups in total. The van der Waals surface area contributed by atoms with Crippen LogP contribution in [0.2, 0.25) is 0 Å². The summed E-state index contributed by atoms with van der Waals surface area (Å²) in [6.07, 6.45) is 0. The van der Waals surface area contributed by atoms with Crippen molar-refractivity contribution in [2.75, 3.05) is 0 Å². The lowest BCUT2D eigenvalue weighted by Gasteiger charge is -1.46. The molecule has 0 heterocycles. The normalized spacial score (nSPS) is 6.50. The second-order valence-corrected chi connectivity index (χ2v) is 2.70. The molecule has 0 saturated heterocycles. The maximum atomic E-state index is 3.61. The first-order valence-corrected chi connectivity index (χ1v) is 2.01. The van der Waals surface area contributed by atoms with Crippen LogP contribution in [0.15, 0.2) is 0 Å². The SMILES string of the molecule is SC(S)=[SH+]. The third-order valence-corrected chi connectivity index (χ3v) is 0. The van der Waals surface area contributed by atoms with Crippen molar-refractivity contribution in [3.05, 3.63) is 0 Å². The summed E-state index contributed by atoms with van der Waals surface area (Å²) in [5.74, 6) is 0. The number of hydrogen-bond donors (Lipinski definition) is 2. The zero-order chi connectivity index (χ0) is 3.58. The zero-order valence-electron chi connectivity index (χ0n) is 1.84. The van der Waals surface area contributed by atoms with Gasteiger partial charge in [0, 0.05) is 0 Å². The van der Waals surface area contributed by atoms with Gasteiger partial charge in [-0.15, -0.1) is 0 Å². The Kier molecular flexibility index (Phi) is 2.46. The lowest BCUT2D eigenvalue weighted by molar-refractivity contribution is 4.25. The molecule has 0 aliphatic rings. The van der Waals surface area contributed by atoms with Crippen LogP contribution in [0.4, 0.5) is 0 Å². The van der Waals surface area contributed by atoms with Crippen molar-refractivity contribution in [3.63, 3.8) is 0 Å². The lowest BCUT2D eigenvalue weighted by Crippen LogP contribution is -1.53. The molecule has 0 bridgehead atoms. The van der Waals surface area contributed by atoms with Crippen molar-refractivity contribution >= 4 is 41.0 Å².